The number of carbonyl (C=O) groups excluding carboxylic acids is 1. The summed E-state index contributed by atoms with van der Waals surface area (Å²) in [5.41, 5.74) is 0.252. The van der Waals surface area contributed by atoms with E-state index in [0.29, 0.717) is 22.8 Å². The van der Waals surface area contributed by atoms with Crippen LogP contribution in [0.2, 0.25) is 0 Å². The Bertz CT molecular complexity index is 690. The van der Waals surface area contributed by atoms with E-state index >= 15 is 0 Å². The maximum Gasteiger partial charge on any atom is 0.237 e. The molecular formula is C16H17NO4. The van der Waals surface area contributed by atoms with E-state index in [1.54, 1.807) is 20.1 Å². The van der Waals surface area contributed by atoms with Crippen LogP contribution in [0.1, 0.15) is 20.8 Å². The minimum Gasteiger partial charge on any atom is -0.497 e. The second-order valence-corrected chi connectivity index (χ2v) is 5.17. The molecule has 0 bridgehead atoms. The number of nitrogens with one attached hydrogen (secondary N) is 1. The average molecular weight is 287 g/mol. The van der Waals surface area contributed by atoms with Gasteiger partial charge in [0.25, 0.3) is 0 Å². The Balaban J connectivity index is 2.09. The molecule has 0 aliphatic carbocycles. The third-order valence-electron chi connectivity index (χ3n) is 3.57. The van der Waals surface area contributed by atoms with Crippen molar-refractivity contribution in [3.8, 4) is 11.5 Å². The Labute approximate surface area is 123 Å². The molecular weight excluding hydrogens is 270 g/mol. The zero-order chi connectivity index (χ0) is 15.2. The summed E-state index contributed by atoms with van der Waals surface area (Å²) in [4.78, 5) is 12.0. The maximum absolute atomic E-state index is 12.0. The molecule has 2 aliphatic rings. The molecule has 1 unspecified atom stereocenters. The number of hydrogen-bond donors (Lipinski definition) is 1. The van der Waals surface area contributed by atoms with Crippen LogP contribution in [0.4, 0.5) is 5.69 Å². The Morgan fingerprint density at radius 3 is 2.76 bits per heavy atom. The molecule has 1 N–H and O–H groups in total. The highest BCUT2D eigenvalue weighted by atomic mass is 16.5. The van der Waals surface area contributed by atoms with E-state index in [1.807, 2.05) is 25.1 Å². The van der Waals surface area contributed by atoms with E-state index in [-0.39, 0.29) is 5.78 Å². The fourth-order valence-corrected chi connectivity index (χ4v) is 2.85. The summed E-state index contributed by atoms with van der Waals surface area (Å²) in [5.74, 6) is 2.54. The van der Waals surface area contributed by atoms with Gasteiger partial charge >= 0.3 is 0 Å². The van der Waals surface area contributed by atoms with E-state index in [2.05, 4.69) is 5.32 Å². The van der Waals surface area contributed by atoms with Crippen LogP contribution in [0, 0.1) is 0 Å². The van der Waals surface area contributed by atoms with Gasteiger partial charge in [-0.15, -0.1) is 0 Å². The molecule has 0 fully saturated rings. The van der Waals surface area contributed by atoms with Gasteiger partial charge in [-0.2, -0.15) is 0 Å². The Hall–Kier alpha value is -2.43. The number of anilines is 1. The lowest BCUT2D eigenvalue weighted by Gasteiger charge is -2.32. The fourth-order valence-electron chi connectivity index (χ4n) is 2.85. The summed E-state index contributed by atoms with van der Waals surface area (Å²) in [5, 5.41) is 3.28. The zero-order valence-electron chi connectivity index (χ0n) is 12.4. The van der Waals surface area contributed by atoms with Crippen molar-refractivity contribution < 1.29 is 19.0 Å². The summed E-state index contributed by atoms with van der Waals surface area (Å²) in [6.07, 6.45) is 1.78. The predicted octanol–water partition coefficient (Wildman–Crippen LogP) is 2.99. The molecule has 0 saturated carbocycles. The molecule has 0 aromatic heterocycles. The van der Waals surface area contributed by atoms with Crippen LogP contribution >= 0.6 is 0 Å². The minimum atomic E-state index is -1.01. The fraction of sp³-hybridized carbons (Fsp3) is 0.312. The summed E-state index contributed by atoms with van der Waals surface area (Å²) >= 11 is 0. The number of ether oxygens (including phenoxy) is 3. The number of carbonyl (C=O) groups is 1. The first-order chi connectivity index (χ1) is 9.95. The largest absolute Gasteiger partial charge is 0.497 e. The smallest absolute Gasteiger partial charge is 0.237 e. The normalized spacial score (nSPS) is 23.0. The van der Waals surface area contributed by atoms with Crippen LogP contribution in [0.25, 0.3) is 0 Å². The second-order valence-electron chi connectivity index (χ2n) is 5.17. The van der Waals surface area contributed by atoms with Gasteiger partial charge in [0.2, 0.25) is 5.72 Å². The van der Waals surface area contributed by atoms with Crippen molar-refractivity contribution in [1.29, 1.82) is 0 Å². The average Bonchev–Trinajstić information content (AvgIpc) is 2.73. The molecule has 1 aromatic rings. The highest BCUT2D eigenvalue weighted by molar-refractivity contribution is 5.98. The maximum atomic E-state index is 12.0. The molecule has 2 heterocycles. The predicted molar refractivity (Wildman–Crippen MR) is 78.2 cm³/mol. The quantitative estimate of drug-likeness (QED) is 0.906. The molecule has 0 amide bonds. The van der Waals surface area contributed by atoms with Gasteiger partial charge in [-0.05, 0) is 32.9 Å². The third kappa shape index (κ3) is 2.05. The van der Waals surface area contributed by atoms with Crippen LogP contribution in [0.5, 0.6) is 11.5 Å². The van der Waals surface area contributed by atoms with E-state index in [0.717, 1.165) is 11.4 Å². The number of Topliss-reactive ketones (excluding diaryl/α,β-unsaturated/α-hetero) is 1. The number of benzene rings is 1. The molecule has 5 heteroatoms. The van der Waals surface area contributed by atoms with Gasteiger partial charge in [0.05, 0.1) is 12.8 Å². The molecule has 110 valence electrons. The Kier molecular flexibility index (Phi) is 2.93. The van der Waals surface area contributed by atoms with Gasteiger partial charge in [0, 0.05) is 12.1 Å². The monoisotopic (exact) mass is 287 g/mol. The van der Waals surface area contributed by atoms with Crippen molar-refractivity contribution in [2.24, 2.45) is 0 Å². The number of hydrogen-bond acceptors (Lipinski definition) is 5. The minimum absolute atomic E-state index is 0.0940. The summed E-state index contributed by atoms with van der Waals surface area (Å²) in [6, 6.07) is 5.48. The molecule has 1 spiro atoms. The summed E-state index contributed by atoms with van der Waals surface area (Å²) < 4.78 is 16.8. The number of methoxy groups -OCH3 is 1. The first kappa shape index (κ1) is 13.5. The Morgan fingerprint density at radius 2 is 2.10 bits per heavy atom. The van der Waals surface area contributed by atoms with Crippen LogP contribution in [-0.2, 0) is 9.53 Å². The molecule has 0 saturated heterocycles. The van der Waals surface area contributed by atoms with Crippen molar-refractivity contribution in [3.63, 3.8) is 0 Å². The number of fused-ring (bicyclic) bond motifs is 1. The van der Waals surface area contributed by atoms with Crippen molar-refractivity contribution in [2.75, 3.05) is 12.4 Å². The third-order valence-corrected chi connectivity index (χ3v) is 3.57. The lowest BCUT2D eigenvalue weighted by molar-refractivity contribution is -0.115. The van der Waals surface area contributed by atoms with Crippen molar-refractivity contribution in [1.82, 2.24) is 0 Å². The van der Waals surface area contributed by atoms with E-state index in [4.69, 9.17) is 14.2 Å². The van der Waals surface area contributed by atoms with E-state index < -0.39 is 5.72 Å². The summed E-state index contributed by atoms with van der Waals surface area (Å²) in [7, 11) is 1.61. The van der Waals surface area contributed by atoms with Gasteiger partial charge in [0.15, 0.2) is 5.78 Å². The number of allylic oxidation sites excluding steroid dienone is 2. The highest BCUT2D eigenvalue weighted by Crippen LogP contribution is 2.45. The topological polar surface area (TPSA) is 56.8 Å². The lowest BCUT2D eigenvalue weighted by atomic mass is 9.95. The molecule has 5 nitrogen and oxygen atoms in total. The van der Waals surface area contributed by atoms with Crippen LogP contribution in [0.15, 0.2) is 41.4 Å². The molecule has 21 heavy (non-hydrogen) atoms. The first-order valence-corrected chi connectivity index (χ1v) is 6.70. The van der Waals surface area contributed by atoms with Gasteiger partial charge in [-0.1, -0.05) is 0 Å². The van der Waals surface area contributed by atoms with Gasteiger partial charge in [-0.25, -0.2) is 0 Å². The summed E-state index contributed by atoms with van der Waals surface area (Å²) in [6.45, 7) is 5.10. The van der Waals surface area contributed by atoms with E-state index in [1.165, 1.54) is 6.92 Å². The molecule has 1 atom stereocenters. The van der Waals surface area contributed by atoms with E-state index in [9.17, 15) is 4.79 Å². The zero-order valence-corrected chi connectivity index (χ0v) is 12.4. The van der Waals surface area contributed by atoms with Gasteiger partial charge < -0.3 is 19.5 Å². The van der Waals surface area contributed by atoms with Gasteiger partial charge in [-0.3, -0.25) is 4.79 Å². The van der Waals surface area contributed by atoms with Crippen molar-refractivity contribution in [3.05, 3.63) is 41.4 Å². The standard InChI is InChI=1S/C16H17NO4/c1-9-8-16(15(10(2)18)11(3)20-9)17-13-7-12(19-4)5-6-14(13)21-16/h5-8,17H,1-4H3. The molecule has 1 aromatic carbocycles. The SMILES string of the molecule is COc1ccc2c(c1)NC1(C=C(C)OC(C)=C1C(C)=O)O2. The van der Waals surface area contributed by atoms with Crippen LogP contribution in [-0.4, -0.2) is 18.6 Å². The Morgan fingerprint density at radius 1 is 1.33 bits per heavy atom. The van der Waals surface area contributed by atoms with Crippen LogP contribution < -0.4 is 14.8 Å². The van der Waals surface area contributed by atoms with Crippen molar-refractivity contribution >= 4 is 11.5 Å². The number of ketones is 1. The van der Waals surface area contributed by atoms with Crippen molar-refractivity contribution in [2.45, 2.75) is 26.5 Å². The first-order valence-electron chi connectivity index (χ1n) is 6.70. The second kappa shape index (κ2) is 4.55. The number of rotatable bonds is 2. The molecule has 3 rings (SSSR count). The molecule has 2 aliphatic heterocycles. The van der Waals surface area contributed by atoms with Crippen LogP contribution in [0.3, 0.4) is 0 Å². The lowest BCUT2D eigenvalue weighted by Crippen LogP contribution is -2.45. The van der Waals surface area contributed by atoms with Gasteiger partial charge in [0.1, 0.15) is 28.6 Å². The molecule has 0 radical (unpaired) electrons. The highest BCUT2D eigenvalue weighted by Gasteiger charge is 2.46.